The van der Waals surface area contributed by atoms with Crippen LogP contribution in [0.1, 0.15) is 15.9 Å². The van der Waals surface area contributed by atoms with Gasteiger partial charge in [-0.3, -0.25) is 14.9 Å². The number of nitrogens with zero attached hydrogens (tertiary/aromatic N) is 2. The third kappa shape index (κ3) is 4.62. The molecule has 0 radical (unpaired) electrons. The molecular formula is C17H17BrN2O4. The highest BCUT2D eigenvalue weighted by molar-refractivity contribution is 9.10. The van der Waals surface area contributed by atoms with E-state index in [1.54, 1.807) is 18.1 Å². The second kappa shape index (κ2) is 8.56. The Morgan fingerprint density at radius 3 is 2.58 bits per heavy atom. The van der Waals surface area contributed by atoms with Gasteiger partial charge in [0.25, 0.3) is 11.6 Å². The summed E-state index contributed by atoms with van der Waals surface area (Å²) in [6.07, 6.45) is 0. The summed E-state index contributed by atoms with van der Waals surface area (Å²) in [5.74, 6) is -0.272. The lowest BCUT2D eigenvalue weighted by atomic mass is 10.1. The summed E-state index contributed by atoms with van der Waals surface area (Å²) < 4.78 is 5.41. The van der Waals surface area contributed by atoms with Gasteiger partial charge in [0.05, 0.1) is 16.0 Å². The molecule has 2 aromatic carbocycles. The smallest absolute Gasteiger partial charge is 0.284 e. The molecule has 7 heteroatoms. The minimum absolute atomic E-state index is 0.132. The molecule has 0 fully saturated rings. The Hall–Kier alpha value is -2.25. The van der Waals surface area contributed by atoms with Crippen LogP contribution in [0, 0.1) is 10.1 Å². The van der Waals surface area contributed by atoms with Crippen molar-refractivity contribution in [2.24, 2.45) is 0 Å². The van der Waals surface area contributed by atoms with Crippen LogP contribution in [-0.4, -0.2) is 36.0 Å². The number of halogens is 1. The van der Waals surface area contributed by atoms with Crippen LogP contribution in [0.2, 0.25) is 0 Å². The number of ether oxygens (including phenoxy) is 1. The number of hydrogen-bond donors (Lipinski definition) is 0. The Morgan fingerprint density at radius 1 is 1.25 bits per heavy atom. The normalized spacial score (nSPS) is 10.4. The molecule has 0 aliphatic heterocycles. The van der Waals surface area contributed by atoms with E-state index in [1.807, 2.05) is 30.3 Å². The summed E-state index contributed by atoms with van der Waals surface area (Å²) in [4.78, 5) is 24.9. The highest BCUT2D eigenvalue weighted by Crippen LogP contribution is 2.26. The third-order valence-electron chi connectivity index (χ3n) is 3.46. The summed E-state index contributed by atoms with van der Waals surface area (Å²) in [6.45, 7) is 1.19. The number of nitro benzene ring substituents is 1. The average molecular weight is 393 g/mol. The molecule has 0 spiro atoms. The van der Waals surface area contributed by atoms with Crippen LogP contribution < -0.4 is 0 Å². The molecule has 0 saturated carbocycles. The fraction of sp³-hybridized carbons (Fsp3) is 0.235. The highest BCUT2D eigenvalue weighted by Gasteiger charge is 2.20. The number of hydrogen-bond acceptors (Lipinski definition) is 4. The topological polar surface area (TPSA) is 72.7 Å². The van der Waals surface area contributed by atoms with Crippen LogP contribution in [0.5, 0.6) is 0 Å². The molecule has 0 atom stereocenters. The van der Waals surface area contributed by atoms with Crippen molar-refractivity contribution < 1.29 is 14.5 Å². The third-order valence-corrected chi connectivity index (χ3v) is 4.13. The molecule has 0 aliphatic carbocycles. The quantitative estimate of drug-likeness (QED) is 0.532. The number of carbonyl (C=O) groups excluding carboxylic acids is 1. The molecular weight excluding hydrogens is 376 g/mol. The van der Waals surface area contributed by atoms with Gasteiger partial charge in [0.2, 0.25) is 0 Å². The molecule has 1 amide bonds. The van der Waals surface area contributed by atoms with E-state index in [-0.39, 0.29) is 17.2 Å². The van der Waals surface area contributed by atoms with Gasteiger partial charge in [-0.15, -0.1) is 0 Å². The number of carbonyl (C=O) groups is 1. The van der Waals surface area contributed by atoms with Gasteiger partial charge < -0.3 is 9.64 Å². The molecule has 2 rings (SSSR count). The van der Waals surface area contributed by atoms with E-state index in [9.17, 15) is 14.9 Å². The first-order valence-corrected chi connectivity index (χ1v) is 8.08. The minimum atomic E-state index is -0.516. The lowest BCUT2D eigenvalue weighted by Crippen LogP contribution is -2.33. The Balaban J connectivity index is 2.27. The maximum absolute atomic E-state index is 12.8. The van der Waals surface area contributed by atoms with E-state index in [4.69, 9.17) is 4.74 Å². The zero-order valence-electron chi connectivity index (χ0n) is 13.1. The Labute approximate surface area is 148 Å². The molecule has 0 aliphatic rings. The van der Waals surface area contributed by atoms with Gasteiger partial charge in [0.1, 0.15) is 0 Å². The SMILES string of the molecule is COCCN(Cc1ccccc1)C(=O)c1ccc(Br)c([N+](=O)[O-])c1. The zero-order chi connectivity index (χ0) is 17.5. The van der Waals surface area contributed by atoms with Gasteiger partial charge in [-0.1, -0.05) is 30.3 Å². The summed E-state index contributed by atoms with van der Waals surface area (Å²) >= 11 is 3.13. The van der Waals surface area contributed by atoms with Crippen molar-refractivity contribution in [1.29, 1.82) is 0 Å². The molecule has 6 nitrogen and oxygen atoms in total. The van der Waals surface area contributed by atoms with E-state index in [0.29, 0.717) is 24.2 Å². The van der Waals surface area contributed by atoms with Crippen molar-refractivity contribution in [3.8, 4) is 0 Å². The standard InChI is InChI=1S/C17H17BrN2O4/c1-24-10-9-19(12-13-5-3-2-4-6-13)17(21)14-7-8-15(18)16(11-14)20(22)23/h2-8,11H,9-10,12H2,1H3. The summed E-state index contributed by atoms with van der Waals surface area (Å²) in [6, 6.07) is 13.9. The number of nitro groups is 1. The molecule has 0 N–H and O–H groups in total. The predicted molar refractivity (Wildman–Crippen MR) is 93.9 cm³/mol. The maximum Gasteiger partial charge on any atom is 0.284 e. The Kier molecular flexibility index (Phi) is 6.45. The Morgan fingerprint density at radius 2 is 1.96 bits per heavy atom. The number of methoxy groups -OCH3 is 1. The van der Waals surface area contributed by atoms with Gasteiger partial charge in [-0.05, 0) is 33.6 Å². The fourth-order valence-electron chi connectivity index (χ4n) is 2.23. The van der Waals surface area contributed by atoms with Gasteiger partial charge in [-0.2, -0.15) is 0 Å². The van der Waals surface area contributed by atoms with Crippen molar-refractivity contribution in [3.05, 3.63) is 74.2 Å². The largest absolute Gasteiger partial charge is 0.383 e. The minimum Gasteiger partial charge on any atom is -0.383 e. The fourth-order valence-corrected chi connectivity index (χ4v) is 2.62. The predicted octanol–water partition coefficient (Wildman–Crippen LogP) is 3.65. The van der Waals surface area contributed by atoms with Crippen molar-refractivity contribution in [1.82, 2.24) is 4.90 Å². The number of rotatable bonds is 7. The zero-order valence-corrected chi connectivity index (χ0v) is 14.7. The van der Waals surface area contributed by atoms with E-state index >= 15 is 0 Å². The van der Waals surface area contributed by atoms with Crippen molar-refractivity contribution in [3.63, 3.8) is 0 Å². The number of amides is 1. The molecule has 126 valence electrons. The maximum atomic E-state index is 12.8. The van der Waals surface area contributed by atoms with Crippen molar-refractivity contribution in [2.75, 3.05) is 20.3 Å². The van der Waals surface area contributed by atoms with Crippen LogP contribution in [0.4, 0.5) is 5.69 Å². The van der Waals surface area contributed by atoms with Crippen molar-refractivity contribution in [2.45, 2.75) is 6.54 Å². The monoisotopic (exact) mass is 392 g/mol. The molecule has 0 aromatic heterocycles. The molecule has 0 heterocycles. The van der Waals surface area contributed by atoms with Crippen LogP contribution in [-0.2, 0) is 11.3 Å². The molecule has 0 bridgehead atoms. The van der Waals surface area contributed by atoms with E-state index in [0.717, 1.165) is 5.56 Å². The first-order valence-electron chi connectivity index (χ1n) is 7.29. The summed E-state index contributed by atoms with van der Waals surface area (Å²) in [7, 11) is 1.57. The molecule has 2 aromatic rings. The van der Waals surface area contributed by atoms with Gasteiger partial charge >= 0.3 is 0 Å². The molecule has 24 heavy (non-hydrogen) atoms. The Bertz CT molecular complexity index is 722. The number of benzene rings is 2. The van der Waals surface area contributed by atoms with E-state index in [2.05, 4.69) is 15.9 Å². The van der Waals surface area contributed by atoms with Gasteiger partial charge in [0.15, 0.2) is 0 Å². The van der Waals surface area contributed by atoms with Crippen LogP contribution >= 0.6 is 15.9 Å². The van der Waals surface area contributed by atoms with Crippen molar-refractivity contribution >= 4 is 27.5 Å². The van der Waals surface area contributed by atoms with Gasteiger partial charge in [-0.25, -0.2) is 0 Å². The first-order chi connectivity index (χ1) is 11.5. The second-order valence-electron chi connectivity index (χ2n) is 5.13. The van der Waals surface area contributed by atoms with Crippen LogP contribution in [0.25, 0.3) is 0 Å². The van der Waals surface area contributed by atoms with Gasteiger partial charge in [0, 0.05) is 31.8 Å². The van der Waals surface area contributed by atoms with Crippen LogP contribution in [0.3, 0.4) is 0 Å². The van der Waals surface area contributed by atoms with E-state index in [1.165, 1.54) is 12.1 Å². The summed E-state index contributed by atoms with van der Waals surface area (Å²) in [5.41, 5.74) is 1.12. The van der Waals surface area contributed by atoms with E-state index < -0.39 is 4.92 Å². The molecule has 0 unspecified atom stereocenters. The highest BCUT2D eigenvalue weighted by atomic mass is 79.9. The molecule has 0 saturated heterocycles. The second-order valence-corrected chi connectivity index (χ2v) is 5.98. The summed E-state index contributed by atoms with van der Waals surface area (Å²) in [5, 5.41) is 11.1. The lowest BCUT2D eigenvalue weighted by molar-refractivity contribution is -0.385. The average Bonchev–Trinajstić information content (AvgIpc) is 2.59. The first kappa shape index (κ1) is 18.1. The van der Waals surface area contributed by atoms with Crippen LogP contribution in [0.15, 0.2) is 53.0 Å². The lowest BCUT2D eigenvalue weighted by Gasteiger charge is -2.22.